The first-order valence-corrected chi connectivity index (χ1v) is 5.39. The lowest BCUT2D eigenvalue weighted by molar-refractivity contribution is -0.144. The van der Waals surface area contributed by atoms with Crippen molar-refractivity contribution >= 4 is 5.91 Å². The van der Waals surface area contributed by atoms with Gasteiger partial charge in [-0.25, -0.2) is 5.48 Å². The van der Waals surface area contributed by atoms with Gasteiger partial charge in [-0.1, -0.05) is 29.8 Å². The van der Waals surface area contributed by atoms with E-state index in [-0.39, 0.29) is 11.5 Å². The van der Waals surface area contributed by atoms with Crippen molar-refractivity contribution in [2.24, 2.45) is 0 Å². The Morgan fingerprint density at radius 3 is 2.31 bits per heavy atom. The Balaban J connectivity index is 2.43. The number of aryl methyl sites for hydroxylation is 1. The van der Waals surface area contributed by atoms with E-state index in [0.717, 1.165) is 5.56 Å². The van der Waals surface area contributed by atoms with Crippen LogP contribution in [-0.2, 0) is 16.1 Å². The van der Waals surface area contributed by atoms with Gasteiger partial charge in [0.2, 0.25) is 5.91 Å². The molecule has 0 bridgehead atoms. The third-order valence-electron chi connectivity index (χ3n) is 1.96. The zero-order valence-corrected chi connectivity index (χ0v) is 10.3. The molecule has 0 aliphatic carbocycles. The van der Waals surface area contributed by atoms with Gasteiger partial charge >= 0.3 is 0 Å². The van der Waals surface area contributed by atoms with E-state index in [1.54, 1.807) is 0 Å². The second kappa shape index (κ2) is 5.12. The van der Waals surface area contributed by atoms with Gasteiger partial charge in [-0.05, 0) is 33.3 Å². The first-order chi connectivity index (χ1) is 7.37. The molecule has 3 heteroatoms. The van der Waals surface area contributed by atoms with Crippen molar-refractivity contribution in [3.63, 3.8) is 0 Å². The van der Waals surface area contributed by atoms with Crippen LogP contribution in [0.15, 0.2) is 24.3 Å². The lowest BCUT2D eigenvalue weighted by atomic mass is 10.1. The predicted molar refractivity (Wildman–Crippen MR) is 63.9 cm³/mol. The van der Waals surface area contributed by atoms with Gasteiger partial charge in [0.25, 0.3) is 0 Å². The third kappa shape index (κ3) is 4.94. The molecule has 3 nitrogen and oxygen atoms in total. The summed E-state index contributed by atoms with van der Waals surface area (Å²) in [5, 5.41) is 0. The highest BCUT2D eigenvalue weighted by molar-refractivity contribution is 5.77. The minimum atomic E-state index is -0.358. The fraction of sp³-hybridized carbons (Fsp3) is 0.462. The fourth-order valence-corrected chi connectivity index (χ4v) is 1.14. The van der Waals surface area contributed by atoms with Crippen LogP contribution in [0.4, 0.5) is 0 Å². The average molecular weight is 221 g/mol. The topological polar surface area (TPSA) is 38.3 Å². The highest BCUT2D eigenvalue weighted by Gasteiger charge is 2.12. The quantitative estimate of drug-likeness (QED) is 0.796. The SMILES string of the molecule is Cc1ccc(CC(=O)NOC(C)(C)C)cc1. The van der Waals surface area contributed by atoms with E-state index in [1.165, 1.54) is 5.56 Å². The summed E-state index contributed by atoms with van der Waals surface area (Å²) in [7, 11) is 0. The maximum absolute atomic E-state index is 11.5. The van der Waals surface area contributed by atoms with Crippen molar-refractivity contribution < 1.29 is 9.63 Å². The molecular formula is C13H19NO2. The number of amides is 1. The minimum Gasteiger partial charge on any atom is -0.272 e. The van der Waals surface area contributed by atoms with Crippen molar-refractivity contribution in [2.75, 3.05) is 0 Å². The lowest BCUT2D eigenvalue weighted by Gasteiger charge is -2.18. The maximum atomic E-state index is 11.5. The molecule has 1 amide bonds. The molecule has 0 aliphatic heterocycles. The van der Waals surface area contributed by atoms with Gasteiger partial charge in [0.05, 0.1) is 12.0 Å². The Bertz CT molecular complexity index is 349. The van der Waals surface area contributed by atoms with Crippen molar-refractivity contribution in [1.82, 2.24) is 5.48 Å². The molecule has 0 aliphatic rings. The van der Waals surface area contributed by atoms with Gasteiger partial charge in [-0.3, -0.25) is 9.63 Å². The van der Waals surface area contributed by atoms with Crippen LogP contribution < -0.4 is 5.48 Å². The summed E-state index contributed by atoms with van der Waals surface area (Å²) in [6.07, 6.45) is 0.344. The van der Waals surface area contributed by atoms with Crippen LogP contribution in [0.1, 0.15) is 31.9 Å². The number of nitrogens with one attached hydrogen (secondary N) is 1. The zero-order valence-electron chi connectivity index (χ0n) is 10.3. The molecule has 0 fully saturated rings. The first-order valence-electron chi connectivity index (χ1n) is 5.39. The molecular weight excluding hydrogens is 202 g/mol. The molecule has 0 heterocycles. The molecule has 1 aromatic carbocycles. The average Bonchev–Trinajstić information content (AvgIpc) is 2.18. The zero-order chi connectivity index (χ0) is 12.2. The number of hydroxylamine groups is 1. The Labute approximate surface area is 96.8 Å². The Morgan fingerprint density at radius 1 is 1.25 bits per heavy atom. The van der Waals surface area contributed by atoms with Crippen molar-refractivity contribution in [2.45, 2.75) is 39.7 Å². The van der Waals surface area contributed by atoms with Crippen LogP contribution in [0, 0.1) is 6.92 Å². The summed E-state index contributed by atoms with van der Waals surface area (Å²) in [5.41, 5.74) is 4.27. The van der Waals surface area contributed by atoms with Crippen LogP contribution in [-0.4, -0.2) is 11.5 Å². The van der Waals surface area contributed by atoms with Crippen molar-refractivity contribution in [3.8, 4) is 0 Å². The molecule has 16 heavy (non-hydrogen) atoms. The number of rotatable bonds is 3. The van der Waals surface area contributed by atoms with Gasteiger partial charge in [0.1, 0.15) is 0 Å². The highest BCUT2D eigenvalue weighted by atomic mass is 16.7. The first kappa shape index (κ1) is 12.7. The molecule has 0 aromatic heterocycles. The summed E-state index contributed by atoms with van der Waals surface area (Å²) >= 11 is 0. The molecule has 0 radical (unpaired) electrons. The summed E-state index contributed by atoms with van der Waals surface area (Å²) < 4.78 is 0. The van der Waals surface area contributed by atoms with Gasteiger partial charge in [0, 0.05) is 0 Å². The van der Waals surface area contributed by atoms with E-state index in [2.05, 4.69) is 5.48 Å². The van der Waals surface area contributed by atoms with Crippen LogP contribution >= 0.6 is 0 Å². The largest absolute Gasteiger partial charge is 0.272 e. The van der Waals surface area contributed by atoms with E-state index in [1.807, 2.05) is 52.0 Å². The molecule has 0 saturated carbocycles. The number of carbonyl (C=O) groups is 1. The molecule has 1 rings (SSSR count). The Hall–Kier alpha value is -1.35. The van der Waals surface area contributed by atoms with E-state index < -0.39 is 0 Å². The van der Waals surface area contributed by atoms with E-state index in [0.29, 0.717) is 6.42 Å². The third-order valence-corrected chi connectivity index (χ3v) is 1.96. The Kier molecular flexibility index (Phi) is 4.07. The number of hydrogen-bond acceptors (Lipinski definition) is 2. The smallest absolute Gasteiger partial charge is 0.247 e. The number of hydrogen-bond donors (Lipinski definition) is 1. The van der Waals surface area contributed by atoms with Crippen LogP contribution in [0.2, 0.25) is 0 Å². The van der Waals surface area contributed by atoms with Gasteiger partial charge in [-0.15, -0.1) is 0 Å². The molecule has 0 atom stereocenters. The lowest BCUT2D eigenvalue weighted by Crippen LogP contribution is -2.34. The summed E-state index contributed by atoms with van der Waals surface area (Å²) in [6.45, 7) is 7.68. The van der Waals surface area contributed by atoms with Gasteiger partial charge in [0.15, 0.2) is 0 Å². The molecule has 1 N–H and O–H groups in total. The van der Waals surface area contributed by atoms with Gasteiger partial charge < -0.3 is 0 Å². The van der Waals surface area contributed by atoms with Crippen LogP contribution in [0.5, 0.6) is 0 Å². The molecule has 0 unspecified atom stereocenters. The maximum Gasteiger partial charge on any atom is 0.247 e. The van der Waals surface area contributed by atoms with E-state index in [4.69, 9.17) is 4.84 Å². The monoisotopic (exact) mass is 221 g/mol. The Morgan fingerprint density at radius 2 is 1.81 bits per heavy atom. The fourth-order valence-electron chi connectivity index (χ4n) is 1.14. The molecule has 1 aromatic rings. The van der Waals surface area contributed by atoms with Crippen molar-refractivity contribution in [1.29, 1.82) is 0 Å². The van der Waals surface area contributed by atoms with E-state index in [9.17, 15) is 4.79 Å². The van der Waals surface area contributed by atoms with Gasteiger partial charge in [-0.2, -0.15) is 0 Å². The molecule has 88 valence electrons. The second-order valence-electron chi connectivity index (χ2n) is 4.90. The van der Waals surface area contributed by atoms with E-state index >= 15 is 0 Å². The predicted octanol–water partition coefficient (Wildman–Crippen LogP) is 2.38. The number of carbonyl (C=O) groups excluding carboxylic acids is 1. The number of benzene rings is 1. The normalized spacial score (nSPS) is 11.2. The van der Waals surface area contributed by atoms with Crippen molar-refractivity contribution in [3.05, 3.63) is 35.4 Å². The molecule has 0 spiro atoms. The standard InChI is InChI=1S/C13H19NO2/c1-10-5-7-11(8-6-10)9-12(15)14-16-13(2,3)4/h5-8H,9H2,1-4H3,(H,14,15). The summed E-state index contributed by atoms with van der Waals surface area (Å²) in [4.78, 5) is 16.7. The van der Waals surface area contributed by atoms with Crippen LogP contribution in [0.25, 0.3) is 0 Å². The summed E-state index contributed by atoms with van der Waals surface area (Å²) in [6, 6.07) is 7.89. The second-order valence-corrected chi connectivity index (χ2v) is 4.90. The molecule has 0 saturated heterocycles. The summed E-state index contributed by atoms with van der Waals surface area (Å²) in [5.74, 6) is -0.126. The highest BCUT2D eigenvalue weighted by Crippen LogP contribution is 2.06. The van der Waals surface area contributed by atoms with Crippen LogP contribution in [0.3, 0.4) is 0 Å². The minimum absolute atomic E-state index is 0.126.